The summed E-state index contributed by atoms with van der Waals surface area (Å²) >= 11 is 0. The molecule has 334 valence electrons. The average molecular weight is 901 g/mol. The molecule has 0 saturated carbocycles. The molecule has 13 aromatic rings. The quantitative estimate of drug-likeness (QED) is 0.152. The number of nitrogens with zero attached hydrogens (tertiary/aromatic N) is 2. The van der Waals surface area contributed by atoms with E-state index in [1.54, 1.807) is 0 Å². The third kappa shape index (κ3) is 6.67. The summed E-state index contributed by atoms with van der Waals surface area (Å²) in [5, 5.41) is 8.62. The maximum atomic E-state index is 7.22. The second-order valence-corrected chi connectivity index (χ2v) is 18.7. The van der Waals surface area contributed by atoms with Gasteiger partial charge in [-0.3, -0.25) is 0 Å². The van der Waals surface area contributed by atoms with E-state index in [1.807, 2.05) is 0 Å². The van der Waals surface area contributed by atoms with Crippen molar-refractivity contribution in [3.63, 3.8) is 0 Å². The van der Waals surface area contributed by atoms with Crippen molar-refractivity contribution in [2.45, 2.75) is 27.7 Å². The van der Waals surface area contributed by atoms with Crippen molar-refractivity contribution in [1.82, 2.24) is 0 Å². The monoisotopic (exact) mass is 900 g/mol. The first kappa shape index (κ1) is 41.3. The third-order valence-electron chi connectivity index (χ3n) is 14.3. The first-order chi connectivity index (χ1) is 34.4. The van der Waals surface area contributed by atoms with Crippen molar-refractivity contribution < 1.29 is 8.83 Å². The standard InChI is InChI=1S/C66H48N2O2/c1-41-19-11-15-27-55(41)67(56-28-16-12-20-42(56)2)51-33-31-47-37-53-59(39-49(47)35-51)69-65-63(53)61(45-23-7-5-8-24-45)62(46-25-9-6-10-26-46)64-54-38-48-32-34-52(36-50(48)40-60(54)70-66(64)65)68(57-29-17-13-21-43(57)3)58-30-18-14-22-44(58)4/h5-40H,1-4H3. The fourth-order valence-electron chi connectivity index (χ4n) is 10.9. The highest BCUT2D eigenvalue weighted by Gasteiger charge is 2.28. The minimum Gasteiger partial charge on any atom is -0.452 e. The summed E-state index contributed by atoms with van der Waals surface area (Å²) in [5.74, 6) is 0. The zero-order chi connectivity index (χ0) is 47.0. The van der Waals surface area contributed by atoms with Crippen molar-refractivity contribution >= 4 is 99.5 Å². The number of furan rings is 2. The van der Waals surface area contributed by atoms with Crippen molar-refractivity contribution in [2.24, 2.45) is 0 Å². The fourth-order valence-corrected chi connectivity index (χ4v) is 10.9. The molecule has 0 bridgehead atoms. The highest BCUT2D eigenvalue weighted by Crippen LogP contribution is 2.52. The molecule has 13 rings (SSSR count). The molecule has 0 N–H and O–H groups in total. The number of anilines is 6. The molecule has 0 saturated heterocycles. The number of benzene rings is 11. The van der Waals surface area contributed by atoms with Crippen molar-refractivity contribution in [3.05, 3.63) is 241 Å². The Kier molecular flexibility index (Phi) is 9.70. The van der Waals surface area contributed by atoms with Gasteiger partial charge >= 0.3 is 0 Å². The van der Waals surface area contributed by atoms with Gasteiger partial charge in [-0.15, -0.1) is 0 Å². The molecule has 0 unspecified atom stereocenters. The first-order valence-corrected chi connectivity index (χ1v) is 24.1. The second kappa shape index (κ2) is 16.4. The number of hydrogen-bond acceptors (Lipinski definition) is 4. The Morgan fingerprint density at radius 3 is 0.971 bits per heavy atom. The topological polar surface area (TPSA) is 32.8 Å². The van der Waals surface area contributed by atoms with Gasteiger partial charge in [0.1, 0.15) is 11.2 Å². The molecule has 0 aliphatic carbocycles. The molecule has 0 aliphatic heterocycles. The summed E-state index contributed by atoms with van der Waals surface area (Å²) < 4.78 is 14.4. The van der Waals surface area contributed by atoms with Crippen LogP contribution in [0.1, 0.15) is 22.3 Å². The lowest BCUT2D eigenvalue weighted by atomic mass is 9.87. The van der Waals surface area contributed by atoms with Gasteiger partial charge in [0, 0.05) is 66.8 Å². The molecule has 0 atom stereocenters. The number of fused-ring (bicyclic) bond motifs is 9. The zero-order valence-corrected chi connectivity index (χ0v) is 39.5. The molecule has 0 radical (unpaired) electrons. The van der Waals surface area contributed by atoms with Gasteiger partial charge in [-0.1, -0.05) is 146 Å². The highest BCUT2D eigenvalue weighted by atomic mass is 16.4. The predicted octanol–water partition coefficient (Wildman–Crippen LogP) is 19.3. The van der Waals surface area contributed by atoms with Crippen LogP contribution in [-0.4, -0.2) is 0 Å². The number of para-hydroxylation sites is 4. The van der Waals surface area contributed by atoms with Gasteiger partial charge in [0.25, 0.3) is 0 Å². The first-order valence-electron chi connectivity index (χ1n) is 24.1. The minimum atomic E-state index is 0.742. The molecule has 70 heavy (non-hydrogen) atoms. The largest absolute Gasteiger partial charge is 0.452 e. The second-order valence-electron chi connectivity index (χ2n) is 18.7. The molecular weight excluding hydrogens is 853 g/mol. The van der Waals surface area contributed by atoms with Crippen LogP contribution >= 0.6 is 0 Å². The SMILES string of the molecule is Cc1ccccc1N(c1ccc2cc3c(cc2c1)oc1c2oc4cc5cc(N(c6ccccc6C)c6ccccc6C)ccc5cc4c2c(-c2ccccc2)c(-c2ccccc2)c31)c1ccccc1C. The van der Waals surface area contributed by atoms with E-state index in [4.69, 9.17) is 8.83 Å². The molecule has 2 heterocycles. The smallest absolute Gasteiger partial charge is 0.179 e. The van der Waals surface area contributed by atoms with Crippen LogP contribution in [0, 0.1) is 27.7 Å². The summed E-state index contributed by atoms with van der Waals surface area (Å²) in [4.78, 5) is 4.75. The van der Waals surface area contributed by atoms with Gasteiger partial charge in [-0.05, 0) is 155 Å². The lowest BCUT2D eigenvalue weighted by Gasteiger charge is -2.28. The lowest BCUT2D eigenvalue weighted by Crippen LogP contribution is -2.12. The van der Waals surface area contributed by atoms with E-state index in [9.17, 15) is 0 Å². The van der Waals surface area contributed by atoms with Crippen LogP contribution in [-0.2, 0) is 0 Å². The number of aryl methyl sites for hydroxylation is 4. The Morgan fingerprint density at radius 2 is 0.629 bits per heavy atom. The molecule has 0 aliphatic rings. The zero-order valence-electron chi connectivity index (χ0n) is 39.5. The van der Waals surface area contributed by atoms with Crippen molar-refractivity contribution in [1.29, 1.82) is 0 Å². The summed E-state index contributed by atoms with van der Waals surface area (Å²) in [6.07, 6.45) is 0. The Hall–Kier alpha value is -8.86. The summed E-state index contributed by atoms with van der Waals surface area (Å²) in [7, 11) is 0. The summed E-state index contributed by atoms with van der Waals surface area (Å²) in [6.45, 7) is 8.72. The Balaban J connectivity index is 1.08. The fraction of sp³-hybridized carbons (Fsp3) is 0.0606. The van der Waals surface area contributed by atoms with Crippen molar-refractivity contribution in [2.75, 3.05) is 9.80 Å². The van der Waals surface area contributed by atoms with Gasteiger partial charge in [-0.25, -0.2) is 0 Å². The Labute approximate surface area is 406 Å². The van der Waals surface area contributed by atoms with Crippen LogP contribution < -0.4 is 9.80 Å². The average Bonchev–Trinajstić information content (AvgIpc) is 3.95. The van der Waals surface area contributed by atoms with Crippen LogP contribution in [0.25, 0.3) is 87.7 Å². The van der Waals surface area contributed by atoms with E-state index in [0.29, 0.717) is 0 Å². The summed E-state index contributed by atoms with van der Waals surface area (Å²) in [6, 6.07) is 78.7. The third-order valence-corrected chi connectivity index (χ3v) is 14.3. The molecule has 4 heteroatoms. The van der Waals surface area contributed by atoms with Gasteiger partial charge in [0.15, 0.2) is 11.2 Å². The predicted molar refractivity (Wildman–Crippen MR) is 295 cm³/mol. The molecule has 2 aromatic heterocycles. The number of hydrogen-bond donors (Lipinski definition) is 0. The highest BCUT2D eigenvalue weighted by molar-refractivity contribution is 6.31. The van der Waals surface area contributed by atoms with Crippen LogP contribution in [0.2, 0.25) is 0 Å². The molecule has 0 spiro atoms. The van der Waals surface area contributed by atoms with Gasteiger partial charge in [0.05, 0.1) is 0 Å². The Morgan fingerprint density at radius 1 is 0.300 bits per heavy atom. The van der Waals surface area contributed by atoms with Gasteiger partial charge in [-0.2, -0.15) is 0 Å². The van der Waals surface area contributed by atoms with E-state index in [2.05, 4.69) is 256 Å². The van der Waals surface area contributed by atoms with Crippen LogP contribution in [0.5, 0.6) is 0 Å². The molecular formula is C66H48N2O2. The van der Waals surface area contributed by atoms with Crippen LogP contribution in [0.4, 0.5) is 34.1 Å². The van der Waals surface area contributed by atoms with Crippen LogP contribution in [0.3, 0.4) is 0 Å². The van der Waals surface area contributed by atoms with E-state index < -0.39 is 0 Å². The maximum absolute atomic E-state index is 7.22. The van der Waals surface area contributed by atoms with E-state index in [-0.39, 0.29) is 0 Å². The molecule has 4 nitrogen and oxygen atoms in total. The van der Waals surface area contributed by atoms with Crippen molar-refractivity contribution in [3.8, 4) is 22.3 Å². The lowest BCUT2D eigenvalue weighted by molar-refractivity contribution is 0.634. The Bertz CT molecular complexity index is 3820. The summed E-state index contributed by atoms with van der Waals surface area (Å²) in [5.41, 5.74) is 19.2. The molecule has 0 amide bonds. The number of rotatable bonds is 8. The molecule has 0 fully saturated rings. The van der Waals surface area contributed by atoms with Gasteiger partial charge < -0.3 is 18.6 Å². The van der Waals surface area contributed by atoms with E-state index >= 15 is 0 Å². The van der Waals surface area contributed by atoms with E-state index in [1.165, 1.54) is 22.3 Å². The normalized spacial score (nSPS) is 11.7. The van der Waals surface area contributed by atoms with E-state index in [0.717, 1.165) is 122 Å². The van der Waals surface area contributed by atoms with Crippen LogP contribution in [0.15, 0.2) is 227 Å². The van der Waals surface area contributed by atoms with Gasteiger partial charge in [0.2, 0.25) is 0 Å². The maximum Gasteiger partial charge on any atom is 0.179 e. The minimum absolute atomic E-state index is 0.742. The molecule has 11 aromatic carbocycles.